The summed E-state index contributed by atoms with van der Waals surface area (Å²) in [6.45, 7) is 9.15. The molecule has 0 bridgehead atoms. The third-order valence-corrected chi connectivity index (χ3v) is 9.71. The van der Waals surface area contributed by atoms with Crippen LogP contribution < -0.4 is 14.4 Å². The summed E-state index contributed by atoms with van der Waals surface area (Å²) in [5.41, 5.74) is 6.28. The Bertz CT molecular complexity index is 2100. The molecule has 1 atom stereocenters. The van der Waals surface area contributed by atoms with Gasteiger partial charge in [0.15, 0.2) is 17.3 Å². The third kappa shape index (κ3) is 7.26. The molecule has 270 valence electrons. The second kappa shape index (κ2) is 15.0. The van der Waals surface area contributed by atoms with E-state index in [9.17, 15) is 9.59 Å². The Kier molecular flexibility index (Phi) is 10.0. The maximum absolute atomic E-state index is 13.9. The third-order valence-electron chi connectivity index (χ3n) is 9.71. The van der Waals surface area contributed by atoms with Gasteiger partial charge in [-0.1, -0.05) is 30.3 Å². The first-order valence-corrected chi connectivity index (χ1v) is 17.9. The first-order valence-electron chi connectivity index (χ1n) is 17.9. The number of carbonyl (C=O) groups excluding carboxylic acids is 2. The van der Waals surface area contributed by atoms with Gasteiger partial charge < -0.3 is 14.4 Å². The number of aromatic amines is 1. The molecule has 0 aliphatic carbocycles. The number of ether oxygens (including phenoxy) is 2. The van der Waals surface area contributed by atoms with Gasteiger partial charge in [0, 0.05) is 44.4 Å². The lowest BCUT2D eigenvalue weighted by Crippen LogP contribution is -2.42. The molecule has 13 heteroatoms. The van der Waals surface area contributed by atoms with Crippen LogP contribution in [0.15, 0.2) is 67.0 Å². The zero-order valence-electron chi connectivity index (χ0n) is 30.4. The number of anilines is 1. The first kappa shape index (κ1) is 34.9. The van der Waals surface area contributed by atoms with E-state index in [1.165, 1.54) is 5.57 Å². The van der Waals surface area contributed by atoms with E-state index < -0.39 is 0 Å². The quantitative estimate of drug-likeness (QED) is 0.197. The van der Waals surface area contributed by atoms with Gasteiger partial charge in [0.25, 0.3) is 0 Å². The average Bonchev–Trinajstić information content (AvgIpc) is 3.92. The lowest BCUT2D eigenvalue weighted by atomic mass is 9.98. The topological polar surface area (TPSA) is 135 Å². The molecule has 0 radical (unpaired) electrons. The highest BCUT2D eigenvalue weighted by atomic mass is 16.5. The van der Waals surface area contributed by atoms with Crippen LogP contribution in [0.1, 0.15) is 39.2 Å². The van der Waals surface area contributed by atoms with Crippen molar-refractivity contribution in [2.24, 2.45) is 13.0 Å². The number of hydrogen-bond donors (Lipinski definition) is 1. The van der Waals surface area contributed by atoms with Crippen molar-refractivity contribution in [1.82, 2.24) is 39.7 Å². The van der Waals surface area contributed by atoms with Gasteiger partial charge >= 0.3 is 0 Å². The molecule has 2 aliphatic heterocycles. The van der Waals surface area contributed by atoms with Crippen LogP contribution in [0.2, 0.25) is 0 Å². The van der Waals surface area contributed by atoms with E-state index in [0.717, 1.165) is 28.6 Å². The fraction of sp³-hybridized carbons (Fsp3) is 0.385. The van der Waals surface area contributed by atoms with Crippen LogP contribution in [0.4, 0.5) is 5.82 Å². The summed E-state index contributed by atoms with van der Waals surface area (Å²) in [6, 6.07) is 17.7. The summed E-state index contributed by atoms with van der Waals surface area (Å²) in [5.74, 6) is 2.43. The molecule has 5 heterocycles. The van der Waals surface area contributed by atoms with E-state index in [0.29, 0.717) is 80.0 Å². The number of aryl methyl sites for hydroxylation is 1. The summed E-state index contributed by atoms with van der Waals surface area (Å²) in [6.07, 6.45) is 5.33. The van der Waals surface area contributed by atoms with Crippen LogP contribution in [-0.2, 0) is 16.6 Å². The average molecular weight is 704 g/mol. The van der Waals surface area contributed by atoms with Gasteiger partial charge in [0.05, 0.1) is 31.2 Å². The zero-order chi connectivity index (χ0) is 36.4. The predicted octanol–water partition coefficient (Wildman–Crippen LogP) is 5.21. The first-order chi connectivity index (χ1) is 25.2. The Morgan fingerprint density at radius 2 is 1.81 bits per heavy atom. The number of nitrogens with one attached hydrogen (secondary N) is 1. The highest BCUT2D eigenvalue weighted by Crippen LogP contribution is 2.35. The molecule has 2 amide bonds. The van der Waals surface area contributed by atoms with Crippen molar-refractivity contribution in [2.75, 3.05) is 51.3 Å². The van der Waals surface area contributed by atoms with Gasteiger partial charge in [-0.05, 0) is 81.6 Å². The fourth-order valence-corrected chi connectivity index (χ4v) is 6.99. The van der Waals surface area contributed by atoms with Gasteiger partial charge in [0.2, 0.25) is 11.8 Å². The molecule has 0 saturated carbocycles. The summed E-state index contributed by atoms with van der Waals surface area (Å²) >= 11 is 0. The second-order valence-electron chi connectivity index (χ2n) is 13.6. The van der Waals surface area contributed by atoms with Crippen LogP contribution in [0.3, 0.4) is 0 Å². The monoisotopic (exact) mass is 703 g/mol. The maximum atomic E-state index is 13.9. The number of hydrogen-bond acceptors (Lipinski definition) is 9. The minimum atomic E-state index is -0.219. The molecule has 0 spiro atoms. The Labute approximate surface area is 303 Å². The van der Waals surface area contributed by atoms with Gasteiger partial charge in [-0.2, -0.15) is 10.2 Å². The summed E-state index contributed by atoms with van der Waals surface area (Å²) in [7, 11) is 3.47. The second-order valence-corrected chi connectivity index (χ2v) is 13.6. The molecule has 5 aromatic rings. The molecule has 7 rings (SSSR count). The predicted molar refractivity (Wildman–Crippen MR) is 200 cm³/mol. The number of rotatable bonds is 11. The van der Waals surface area contributed by atoms with Crippen molar-refractivity contribution in [3.63, 3.8) is 0 Å². The van der Waals surface area contributed by atoms with E-state index in [1.807, 2.05) is 75.2 Å². The van der Waals surface area contributed by atoms with E-state index in [4.69, 9.17) is 14.5 Å². The molecule has 13 nitrogen and oxygen atoms in total. The summed E-state index contributed by atoms with van der Waals surface area (Å²) < 4.78 is 13.2. The van der Waals surface area contributed by atoms with Crippen LogP contribution in [-0.4, -0.2) is 104 Å². The van der Waals surface area contributed by atoms with Gasteiger partial charge in [-0.3, -0.25) is 29.2 Å². The van der Waals surface area contributed by atoms with Crippen LogP contribution >= 0.6 is 0 Å². The molecule has 2 aliphatic rings. The number of H-pyrrole nitrogens is 1. The molecule has 2 aromatic carbocycles. The molecule has 0 unspecified atom stereocenters. The maximum Gasteiger partial charge on any atom is 0.237 e. The van der Waals surface area contributed by atoms with E-state index in [-0.39, 0.29) is 23.8 Å². The minimum Gasteiger partial charge on any atom is -0.493 e. The van der Waals surface area contributed by atoms with E-state index in [1.54, 1.807) is 23.0 Å². The van der Waals surface area contributed by atoms with Crippen molar-refractivity contribution in [2.45, 2.75) is 39.7 Å². The van der Waals surface area contributed by atoms with E-state index >= 15 is 0 Å². The molecule has 3 aromatic heterocycles. The molecule has 1 N–H and O–H groups in total. The van der Waals surface area contributed by atoms with Gasteiger partial charge in [0.1, 0.15) is 23.4 Å². The van der Waals surface area contributed by atoms with Gasteiger partial charge in [-0.15, -0.1) is 0 Å². The number of pyridine rings is 1. The number of aromatic nitrogens is 6. The number of likely N-dealkylation sites (tertiary alicyclic amines) is 1. The Balaban J connectivity index is 0.969. The summed E-state index contributed by atoms with van der Waals surface area (Å²) in [5, 5.41) is 12.0. The fourth-order valence-electron chi connectivity index (χ4n) is 6.99. The van der Waals surface area contributed by atoms with Crippen molar-refractivity contribution in [3.05, 3.63) is 72.6 Å². The van der Waals surface area contributed by atoms with Crippen molar-refractivity contribution in [3.8, 4) is 34.1 Å². The van der Waals surface area contributed by atoms with Gasteiger partial charge in [-0.25, -0.2) is 9.97 Å². The van der Waals surface area contributed by atoms with Crippen molar-refractivity contribution in [1.29, 1.82) is 0 Å². The molecular formula is C39H45N9O4. The molecular weight excluding hydrogens is 658 g/mol. The number of nitrogens with zero attached hydrogens (tertiary/aromatic N) is 8. The Morgan fingerprint density at radius 1 is 1.02 bits per heavy atom. The highest BCUT2D eigenvalue weighted by molar-refractivity contribution is 5.97. The highest BCUT2D eigenvalue weighted by Gasteiger charge is 2.34. The van der Waals surface area contributed by atoms with Crippen LogP contribution in [0.5, 0.6) is 11.5 Å². The largest absolute Gasteiger partial charge is 0.493 e. The number of fused-ring (bicyclic) bond motifs is 1. The number of benzene rings is 2. The minimum absolute atomic E-state index is 0.00777. The lowest BCUT2D eigenvalue weighted by molar-refractivity contribution is -0.132. The van der Waals surface area contributed by atoms with E-state index in [2.05, 4.69) is 43.4 Å². The Hall–Kier alpha value is -5.56. The smallest absolute Gasteiger partial charge is 0.237 e. The van der Waals surface area contributed by atoms with Crippen LogP contribution in [0, 0.1) is 5.92 Å². The molecule has 52 heavy (non-hydrogen) atoms. The lowest BCUT2D eigenvalue weighted by Gasteiger charge is -2.29. The number of methoxy groups -OCH3 is 1. The number of carbonyl (C=O) groups is 2. The Morgan fingerprint density at radius 3 is 2.50 bits per heavy atom. The summed E-state index contributed by atoms with van der Waals surface area (Å²) in [4.78, 5) is 42.3. The normalized spacial score (nSPS) is 16.4. The molecule has 1 saturated heterocycles. The standard InChI is InChI=1S/C39H45N9O4/c1-6-48(34-14-12-31-37(41-34)36(43-42-31)29-11-13-32(52-25(2)3)33(21-29)51-5)39(50)30-15-18-46(22-30)23-35(49)47-19-16-27(17-20-47)26-7-9-28(10-8-26)38-40-24-45(4)44-38/h7-14,16,21,24-25,30H,6,15,17-20,22-23H2,1-5H3,(H,42,43)/t30-/m1/s1. The zero-order valence-corrected chi connectivity index (χ0v) is 30.4. The van der Waals surface area contributed by atoms with Crippen molar-refractivity contribution >= 4 is 34.2 Å². The van der Waals surface area contributed by atoms with Crippen molar-refractivity contribution < 1.29 is 19.1 Å². The SMILES string of the molecule is CCN(C(=O)[C@@H]1CCN(CC(=O)N2CC=C(c3ccc(-c4ncn(C)n4)cc3)CC2)C1)c1ccc2[nH]nc(-c3ccc(OC(C)C)c(OC)c3)c2n1. The number of amides is 2. The molecule has 1 fully saturated rings. The van der Waals surface area contributed by atoms with Crippen LogP contribution in [0.25, 0.3) is 39.3 Å².